The molecule has 38 heavy (non-hydrogen) atoms. The Hall–Kier alpha value is -1.41. The molecule has 0 spiro atoms. The summed E-state index contributed by atoms with van der Waals surface area (Å²) in [6.07, 6.45) is 0.430. The van der Waals surface area contributed by atoms with E-state index in [0.29, 0.717) is 31.4 Å². The fraction of sp³-hybridized carbons (Fsp3) is 0.846. The first-order chi connectivity index (χ1) is 18.1. The zero-order chi connectivity index (χ0) is 27.6. The summed E-state index contributed by atoms with van der Waals surface area (Å²) in [7, 11) is 0. The Kier molecular flexibility index (Phi) is 9.99. The zero-order valence-corrected chi connectivity index (χ0v) is 22.9. The Morgan fingerprint density at radius 1 is 1.13 bits per heavy atom. The van der Waals surface area contributed by atoms with Gasteiger partial charge in [-0.1, -0.05) is 26.0 Å². The van der Waals surface area contributed by atoms with Gasteiger partial charge < -0.3 is 41.0 Å². The molecule has 11 atom stereocenters. The van der Waals surface area contributed by atoms with E-state index < -0.39 is 60.0 Å². The molecule has 11 nitrogen and oxygen atoms in total. The van der Waals surface area contributed by atoms with Crippen LogP contribution in [0.3, 0.4) is 0 Å². The smallest absolute Gasteiger partial charge is 0.408 e. The van der Waals surface area contributed by atoms with E-state index >= 15 is 0 Å². The number of carbonyl (C=O) groups excluding carboxylic acids is 1. The first-order valence-electron chi connectivity index (χ1n) is 13.7. The van der Waals surface area contributed by atoms with Gasteiger partial charge in [-0.05, 0) is 43.9 Å². The number of aliphatic hydroxyl groups is 3. The minimum atomic E-state index is -1.47. The van der Waals surface area contributed by atoms with Gasteiger partial charge in [0.25, 0.3) is 0 Å². The van der Waals surface area contributed by atoms with Gasteiger partial charge in [0.05, 0.1) is 12.1 Å². The molecule has 0 radical (unpaired) electrons. The van der Waals surface area contributed by atoms with Gasteiger partial charge in [0.1, 0.15) is 35.9 Å². The number of amides is 2. The van der Waals surface area contributed by atoms with E-state index in [4.69, 9.17) is 15.2 Å². The van der Waals surface area contributed by atoms with Crippen LogP contribution >= 0.6 is 11.8 Å². The zero-order valence-electron chi connectivity index (χ0n) is 22.1. The lowest BCUT2D eigenvalue weighted by Crippen LogP contribution is -2.64. The first-order valence-corrected chi connectivity index (χ1v) is 14.7. The molecule has 0 aromatic rings. The summed E-state index contributed by atoms with van der Waals surface area (Å²) < 4.78 is 12.2. The monoisotopic (exact) mass is 557 g/mol. The van der Waals surface area contributed by atoms with Gasteiger partial charge in [-0.3, -0.25) is 9.69 Å². The van der Waals surface area contributed by atoms with Gasteiger partial charge in [0.2, 0.25) is 5.91 Å². The lowest BCUT2D eigenvalue weighted by molar-refractivity contribution is -0.205. The second-order valence-corrected chi connectivity index (χ2v) is 12.9. The van der Waals surface area contributed by atoms with Gasteiger partial charge in [-0.25, -0.2) is 4.79 Å². The van der Waals surface area contributed by atoms with Crippen molar-refractivity contribution >= 4 is 23.8 Å². The van der Waals surface area contributed by atoms with E-state index in [1.54, 1.807) is 0 Å². The number of aliphatic hydroxyl groups excluding tert-OH is 3. The van der Waals surface area contributed by atoms with Crippen LogP contribution in [0.4, 0.5) is 4.79 Å². The molecule has 216 valence electrons. The second kappa shape index (κ2) is 12.8. The van der Waals surface area contributed by atoms with E-state index in [9.17, 15) is 30.0 Å². The number of carbonyl (C=O) groups is 2. The van der Waals surface area contributed by atoms with E-state index in [-0.39, 0.29) is 24.1 Å². The Morgan fingerprint density at radius 2 is 1.87 bits per heavy atom. The lowest BCUT2D eigenvalue weighted by atomic mass is 9.85. The predicted octanol–water partition coefficient (Wildman–Crippen LogP) is 0.509. The van der Waals surface area contributed by atoms with Gasteiger partial charge in [0.15, 0.2) is 0 Å². The van der Waals surface area contributed by atoms with Crippen LogP contribution in [-0.4, -0.2) is 110 Å². The average Bonchev–Trinajstić information content (AvgIpc) is 3.12. The molecule has 1 unspecified atom stereocenters. The van der Waals surface area contributed by atoms with Crippen molar-refractivity contribution in [3.63, 3.8) is 0 Å². The highest BCUT2D eigenvalue weighted by Crippen LogP contribution is 2.38. The molecule has 4 aliphatic heterocycles. The Morgan fingerprint density at radius 3 is 2.55 bits per heavy atom. The van der Waals surface area contributed by atoms with Crippen LogP contribution in [-0.2, 0) is 14.3 Å². The number of nitrogens with zero attached hydrogens (tertiary/aromatic N) is 1. The number of hydrogen-bond acceptors (Lipinski definition) is 9. The summed E-state index contributed by atoms with van der Waals surface area (Å²) in [5, 5.41) is 44.7. The topological polar surface area (TPSA) is 175 Å². The Labute approximate surface area is 228 Å². The van der Waals surface area contributed by atoms with Crippen LogP contribution in [0, 0.1) is 17.8 Å². The molecule has 0 saturated carbocycles. The molecule has 0 aliphatic carbocycles. The molecule has 4 heterocycles. The molecule has 4 rings (SSSR count). The van der Waals surface area contributed by atoms with Gasteiger partial charge in [-0.2, -0.15) is 0 Å². The van der Waals surface area contributed by atoms with Crippen molar-refractivity contribution in [1.82, 2.24) is 10.2 Å². The summed E-state index contributed by atoms with van der Waals surface area (Å²) in [5.74, 6) is 0.334. The SMILES string of the molecule is CC(C)C[C@@H]1CCO[C@H]2C(C(=O)N[C@@H]3C/C=C\C[C@H](CN)S[C@H]4O[C@H]3[C@H](O)[C@H](O)[C@H]4O)N(C(=O)O)C[C@@H]2C1. The predicted molar refractivity (Wildman–Crippen MR) is 141 cm³/mol. The lowest BCUT2D eigenvalue weighted by Gasteiger charge is -2.44. The third kappa shape index (κ3) is 6.48. The van der Waals surface area contributed by atoms with Gasteiger partial charge >= 0.3 is 6.09 Å². The van der Waals surface area contributed by atoms with Crippen molar-refractivity contribution < 1.29 is 39.5 Å². The Balaban J connectivity index is 1.55. The number of allylic oxidation sites excluding steroid dienone is 1. The Bertz CT molecular complexity index is 862. The van der Waals surface area contributed by atoms with Crippen LogP contribution < -0.4 is 11.1 Å². The molecule has 0 aromatic heterocycles. The third-order valence-corrected chi connectivity index (χ3v) is 9.64. The van der Waals surface area contributed by atoms with E-state index in [2.05, 4.69) is 19.2 Å². The van der Waals surface area contributed by atoms with Gasteiger partial charge in [-0.15, -0.1) is 11.8 Å². The van der Waals surface area contributed by atoms with Gasteiger partial charge in [0, 0.05) is 30.9 Å². The maximum absolute atomic E-state index is 13.7. The molecule has 3 saturated heterocycles. The summed E-state index contributed by atoms with van der Waals surface area (Å²) in [6.45, 7) is 5.38. The molecule has 4 aliphatic rings. The molecule has 0 aromatic carbocycles. The third-order valence-electron chi connectivity index (χ3n) is 8.21. The number of carboxylic acid groups (broad SMARTS) is 1. The normalized spacial score (nSPS) is 42.7. The fourth-order valence-corrected chi connectivity index (χ4v) is 7.60. The maximum atomic E-state index is 13.7. The summed E-state index contributed by atoms with van der Waals surface area (Å²) in [4.78, 5) is 27.1. The summed E-state index contributed by atoms with van der Waals surface area (Å²) in [6, 6.07) is -1.79. The summed E-state index contributed by atoms with van der Waals surface area (Å²) in [5.41, 5.74) is 5.02. The van der Waals surface area contributed by atoms with Crippen molar-refractivity contribution in [2.75, 3.05) is 19.7 Å². The maximum Gasteiger partial charge on any atom is 0.408 e. The highest BCUT2D eigenvalue weighted by atomic mass is 32.2. The number of hydrogen-bond donors (Lipinski definition) is 6. The standard InChI is InChI=1S/C26H43N3O8S/c1-13(2)9-14-7-8-36-22-15(10-14)12-29(26(34)35)18(22)24(33)28-17-6-4-3-5-16(11-27)38-25-21(32)19(30)20(31)23(17)37-25/h3-4,13-23,25,30-32H,5-12,27H2,1-2H3,(H,28,33)(H,34,35)/b4-3-/t14-,15-,16+,17+,18?,19-,20+,21+,22+,23+,25+/m0/s1. The minimum absolute atomic E-state index is 0.0495. The van der Waals surface area contributed by atoms with Crippen LogP contribution in [0.2, 0.25) is 0 Å². The number of likely N-dealkylation sites (tertiary alicyclic amines) is 1. The fourth-order valence-electron chi connectivity index (χ4n) is 6.38. The number of thioether (sulfide) groups is 1. The molecule has 12 heteroatoms. The molecule has 2 bridgehead atoms. The van der Waals surface area contributed by atoms with E-state index in [1.165, 1.54) is 16.7 Å². The van der Waals surface area contributed by atoms with Crippen molar-refractivity contribution in [3.8, 4) is 0 Å². The van der Waals surface area contributed by atoms with Crippen molar-refractivity contribution in [2.45, 2.75) is 99.2 Å². The van der Waals surface area contributed by atoms with Crippen LogP contribution in [0.25, 0.3) is 0 Å². The molecule has 3 fully saturated rings. The minimum Gasteiger partial charge on any atom is -0.465 e. The number of nitrogens with two attached hydrogens (primary N) is 1. The average molecular weight is 558 g/mol. The van der Waals surface area contributed by atoms with E-state index in [1.807, 2.05) is 12.2 Å². The molecule has 7 N–H and O–H groups in total. The first kappa shape index (κ1) is 29.6. The largest absolute Gasteiger partial charge is 0.465 e. The highest BCUT2D eigenvalue weighted by Gasteiger charge is 2.52. The van der Waals surface area contributed by atoms with Crippen LogP contribution in [0.1, 0.15) is 46.0 Å². The van der Waals surface area contributed by atoms with Crippen LogP contribution in [0.15, 0.2) is 12.2 Å². The summed E-state index contributed by atoms with van der Waals surface area (Å²) >= 11 is 1.29. The molecular formula is C26H43N3O8S. The number of rotatable bonds is 5. The van der Waals surface area contributed by atoms with E-state index in [0.717, 1.165) is 19.3 Å². The highest BCUT2D eigenvalue weighted by molar-refractivity contribution is 8.00. The number of fused-ring (bicyclic) bond motifs is 3. The van der Waals surface area contributed by atoms with Crippen molar-refractivity contribution in [2.24, 2.45) is 23.5 Å². The number of ether oxygens (including phenoxy) is 2. The second-order valence-electron chi connectivity index (χ2n) is 11.5. The van der Waals surface area contributed by atoms with Crippen LogP contribution in [0.5, 0.6) is 0 Å². The molecule has 2 amide bonds. The quantitative estimate of drug-likeness (QED) is 0.261. The van der Waals surface area contributed by atoms with Crippen molar-refractivity contribution in [3.05, 3.63) is 12.2 Å². The number of nitrogens with one attached hydrogen (secondary N) is 1. The molecular weight excluding hydrogens is 514 g/mol. The van der Waals surface area contributed by atoms with Crippen molar-refractivity contribution in [1.29, 1.82) is 0 Å².